The Labute approximate surface area is 174 Å². The first kappa shape index (κ1) is 20.4. The zero-order valence-electron chi connectivity index (χ0n) is 16.1. The van der Waals surface area contributed by atoms with Crippen molar-refractivity contribution < 1.29 is 26.7 Å². The topological polar surface area (TPSA) is 9.23 Å². The molecule has 0 atom stereocenters. The zero-order valence-corrected chi connectivity index (χ0v) is 16.1. The van der Waals surface area contributed by atoms with Crippen LogP contribution in [0.2, 0.25) is 0 Å². The first-order valence-corrected chi connectivity index (χ1v) is 9.10. The lowest BCUT2D eigenvalue weighted by Gasteiger charge is -2.08. The summed E-state index contributed by atoms with van der Waals surface area (Å²) in [4.78, 5) is 0. The summed E-state index contributed by atoms with van der Waals surface area (Å²) in [6, 6.07) is 13.6. The Hall–Kier alpha value is -3.85. The van der Waals surface area contributed by atoms with Gasteiger partial charge in [-0.25, -0.2) is 22.0 Å². The van der Waals surface area contributed by atoms with Gasteiger partial charge in [0, 0.05) is 28.6 Å². The third-order valence-corrected chi connectivity index (χ3v) is 4.75. The van der Waals surface area contributed by atoms with E-state index in [2.05, 4.69) is 11.8 Å². The molecule has 4 aromatic rings. The lowest BCUT2D eigenvalue weighted by atomic mass is 10.0. The second kappa shape index (κ2) is 8.11. The van der Waals surface area contributed by atoms with Crippen molar-refractivity contribution in [2.45, 2.75) is 0 Å². The molecule has 31 heavy (non-hydrogen) atoms. The molecule has 0 saturated carbocycles. The first-order chi connectivity index (χ1) is 14.9. The molecule has 0 aliphatic carbocycles. The highest BCUT2D eigenvalue weighted by molar-refractivity contribution is 5.84. The molecule has 0 aliphatic rings. The van der Waals surface area contributed by atoms with Crippen LogP contribution in [-0.4, -0.2) is 7.11 Å². The van der Waals surface area contributed by atoms with E-state index in [0.29, 0.717) is 16.7 Å². The first-order valence-electron chi connectivity index (χ1n) is 9.10. The van der Waals surface area contributed by atoms with Crippen LogP contribution in [0, 0.1) is 40.9 Å². The van der Waals surface area contributed by atoms with E-state index in [1.54, 1.807) is 12.1 Å². The van der Waals surface area contributed by atoms with Crippen LogP contribution in [-0.2, 0) is 0 Å². The van der Waals surface area contributed by atoms with Crippen LogP contribution in [0.15, 0.2) is 60.7 Å². The van der Waals surface area contributed by atoms with Crippen molar-refractivity contribution in [2.75, 3.05) is 7.11 Å². The lowest BCUT2D eigenvalue weighted by Crippen LogP contribution is -1.93. The molecule has 0 aliphatic heterocycles. The molecule has 0 spiro atoms. The predicted octanol–water partition coefficient (Wildman–Crippen LogP) is 6.61. The summed E-state index contributed by atoms with van der Waals surface area (Å²) in [5.74, 6) is 0.272. The van der Waals surface area contributed by atoms with E-state index >= 15 is 0 Å². The molecule has 154 valence electrons. The number of hydrogen-bond donors (Lipinski definition) is 0. The van der Waals surface area contributed by atoms with Gasteiger partial charge in [0.25, 0.3) is 0 Å². The Morgan fingerprint density at radius 3 is 1.90 bits per heavy atom. The van der Waals surface area contributed by atoms with Gasteiger partial charge in [0.2, 0.25) is 0 Å². The van der Waals surface area contributed by atoms with Crippen LogP contribution in [0.5, 0.6) is 5.75 Å². The minimum Gasteiger partial charge on any atom is -0.497 e. The van der Waals surface area contributed by atoms with Crippen LogP contribution in [0.4, 0.5) is 22.0 Å². The fraction of sp³-hybridized carbons (Fsp3) is 0.0400. The maximum absolute atomic E-state index is 14.2. The molecule has 6 heteroatoms. The molecular formula is C25H13F5O. The van der Waals surface area contributed by atoms with Gasteiger partial charge in [0.05, 0.1) is 12.7 Å². The highest BCUT2D eigenvalue weighted by Crippen LogP contribution is 2.30. The third kappa shape index (κ3) is 3.95. The Kier molecular flexibility index (Phi) is 5.35. The summed E-state index contributed by atoms with van der Waals surface area (Å²) in [5.41, 5.74) is 1.19. The van der Waals surface area contributed by atoms with Crippen molar-refractivity contribution in [3.63, 3.8) is 0 Å². The molecule has 0 unspecified atom stereocenters. The smallest absolute Gasteiger partial charge is 0.195 e. The molecular weight excluding hydrogens is 411 g/mol. The summed E-state index contributed by atoms with van der Waals surface area (Å²) in [6.07, 6.45) is 0. The third-order valence-electron chi connectivity index (χ3n) is 4.75. The monoisotopic (exact) mass is 424 g/mol. The van der Waals surface area contributed by atoms with Gasteiger partial charge in [-0.3, -0.25) is 0 Å². The van der Waals surface area contributed by atoms with Gasteiger partial charge in [0.15, 0.2) is 17.5 Å². The quantitative estimate of drug-likeness (QED) is 0.200. The van der Waals surface area contributed by atoms with Crippen LogP contribution in [0.25, 0.3) is 21.9 Å². The highest BCUT2D eigenvalue weighted by atomic mass is 19.2. The molecule has 0 heterocycles. The number of hydrogen-bond acceptors (Lipinski definition) is 1. The van der Waals surface area contributed by atoms with E-state index in [4.69, 9.17) is 4.74 Å². The Balaban J connectivity index is 1.63. The van der Waals surface area contributed by atoms with E-state index in [1.807, 2.05) is 0 Å². The molecule has 0 bridgehead atoms. The second-order valence-corrected chi connectivity index (χ2v) is 6.72. The molecule has 1 nitrogen and oxygen atoms in total. The van der Waals surface area contributed by atoms with Gasteiger partial charge in [-0.2, -0.15) is 0 Å². The maximum atomic E-state index is 14.2. The Morgan fingerprint density at radius 1 is 0.645 bits per heavy atom. The summed E-state index contributed by atoms with van der Waals surface area (Å²) in [6.45, 7) is 0. The SMILES string of the molecule is COc1cc(F)c(-c2ccc(C#Cc3ccc4c(F)c(F)c(F)cc4c3)cc2)c(F)c1. The second-order valence-electron chi connectivity index (χ2n) is 6.72. The van der Waals surface area contributed by atoms with Gasteiger partial charge in [-0.05, 0) is 41.3 Å². The standard InChI is InChI=1S/C25H13F5O/c1-31-18-12-20(26)23(21(27)13-18)16-7-4-14(5-8-16)2-3-15-6-9-19-17(10-15)11-22(28)25(30)24(19)29/h4-13H,1H3. The summed E-state index contributed by atoms with van der Waals surface area (Å²) in [7, 11) is 1.32. The van der Waals surface area contributed by atoms with Crippen molar-refractivity contribution >= 4 is 10.8 Å². The largest absolute Gasteiger partial charge is 0.497 e. The minimum atomic E-state index is -1.52. The molecule has 0 aromatic heterocycles. The maximum Gasteiger partial charge on any atom is 0.195 e. The Bertz CT molecular complexity index is 1340. The predicted molar refractivity (Wildman–Crippen MR) is 108 cm³/mol. The number of methoxy groups -OCH3 is 1. The number of fused-ring (bicyclic) bond motifs is 1. The van der Waals surface area contributed by atoms with Crippen LogP contribution < -0.4 is 4.74 Å². The highest BCUT2D eigenvalue weighted by Gasteiger charge is 2.14. The zero-order chi connectivity index (χ0) is 22.1. The normalized spacial score (nSPS) is 10.6. The molecule has 0 saturated heterocycles. The number of benzene rings is 4. The summed E-state index contributed by atoms with van der Waals surface area (Å²) in [5, 5.41) is 0.140. The van der Waals surface area contributed by atoms with Crippen molar-refractivity contribution in [3.05, 3.63) is 101 Å². The van der Waals surface area contributed by atoms with Crippen LogP contribution in [0.1, 0.15) is 11.1 Å². The number of ether oxygens (including phenoxy) is 1. The van der Waals surface area contributed by atoms with Gasteiger partial charge < -0.3 is 4.74 Å². The Morgan fingerprint density at radius 2 is 1.26 bits per heavy atom. The minimum absolute atomic E-state index is 0.0441. The fourth-order valence-electron chi connectivity index (χ4n) is 3.19. The van der Waals surface area contributed by atoms with Crippen LogP contribution in [0.3, 0.4) is 0 Å². The van der Waals surface area contributed by atoms with E-state index in [0.717, 1.165) is 18.2 Å². The molecule has 0 radical (unpaired) electrons. The number of halogens is 5. The van der Waals surface area contributed by atoms with E-state index in [-0.39, 0.29) is 22.1 Å². The van der Waals surface area contributed by atoms with Crippen molar-refractivity contribution in [1.82, 2.24) is 0 Å². The van der Waals surface area contributed by atoms with Gasteiger partial charge in [0.1, 0.15) is 17.4 Å². The molecule has 4 rings (SSSR count). The number of rotatable bonds is 2. The van der Waals surface area contributed by atoms with Crippen molar-refractivity contribution in [3.8, 4) is 28.7 Å². The van der Waals surface area contributed by atoms with Crippen LogP contribution >= 0.6 is 0 Å². The average molecular weight is 424 g/mol. The summed E-state index contributed by atoms with van der Waals surface area (Å²) < 4.78 is 73.9. The van der Waals surface area contributed by atoms with Crippen molar-refractivity contribution in [1.29, 1.82) is 0 Å². The van der Waals surface area contributed by atoms with Gasteiger partial charge in [-0.15, -0.1) is 0 Å². The fourth-order valence-corrected chi connectivity index (χ4v) is 3.19. The van der Waals surface area contributed by atoms with E-state index < -0.39 is 29.1 Å². The average Bonchev–Trinajstić information content (AvgIpc) is 2.76. The van der Waals surface area contributed by atoms with E-state index in [1.165, 1.54) is 37.4 Å². The molecule has 4 aromatic carbocycles. The van der Waals surface area contributed by atoms with Gasteiger partial charge >= 0.3 is 0 Å². The van der Waals surface area contributed by atoms with E-state index in [9.17, 15) is 22.0 Å². The van der Waals surface area contributed by atoms with Crippen molar-refractivity contribution in [2.24, 2.45) is 0 Å². The molecule has 0 amide bonds. The molecule has 0 fully saturated rings. The molecule has 0 N–H and O–H groups in total. The lowest BCUT2D eigenvalue weighted by molar-refractivity contribution is 0.407. The summed E-state index contributed by atoms with van der Waals surface area (Å²) >= 11 is 0. The van der Waals surface area contributed by atoms with Gasteiger partial charge in [-0.1, -0.05) is 30.0 Å².